The third-order valence-electron chi connectivity index (χ3n) is 4.17. The molecule has 1 aromatic carbocycles. The average Bonchev–Trinajstić information content (AvgIpc) is 2.54. The van der Waals surface area contributed by atoms with Gasteiger partial charge in [0.15, 0.2) is 0 Å². The van der Waals surface area contributed by atoms with Crippen molar-refractivity contribution in [3.8, 4) is 5.75 Å². The lowest BCUT2D eigenvalue weighted by molar-refractivity contribution is -0.274. The van der Waals surface area contributed by atoms with Crippen molar-refractivity contribution in [3.63, 3.8) is 0 Å². The average molecular weight is 359 g/mol. The summed E-state index contributed by atoms with van der Waals surface area (Å²) < 4.78 is 40.3. The van der Waals surface area contributed by atoms with Gasteiger partial charge in [0.1, 0.15) is 5.75 Å². The lowest BCUT2D eigenvalue weighted by Gasteiger charge is -2.34. The number of rotatable bonds is 6. The Balaban J connectivity index is 1.73. The fraction of sp³-hybridized carbons (Fsp3) is 0.588. The van der Waals surface area contributed by atoms with Crippen LogP contribution in [0, 0.1) is 0 Å². The van der Waals surface area contributed by atoms with Gasteiger partial charge in [-0.15, -0.1) is 13.2 Å². The Labute approximate surface area is 145 Å². The number of halogens is 3. The molecule has 2 rings (SSSR count). The van der Waals surface area contributed by atoms with E-state index in [2.05, 4.69) is 14.5 Å². The van der Waals surface area contributed by atoms with Crippen molar-refractivity contribution in [1.29, 1.82) is 0 Å². The van der Waals surface area contributed by atoms with Crippen LogP contribution in [0.3, 0.4) is 0 Å². The molecule has 140 valence electrons. The van der Waals surface area contributed by atoms with Crippen LogP contribution in [0.2, 0.25) is 0 Å². The molecule has 1 fully saturated rings. The summed E-state index contributed by atoms with van der Waals surface area (Å²) in [7, 11) is 3.51. The molecular formula is C17H24F3N3O2. The first kappa shape index (κ1) is 19.5. The maximum absolute atomic E-state index is 12.1. The Kier molecular flexibility index (Phi) is 6.66. The van der Waals surface area contributed by atoms with Gasteiger partial charge in [-0.05, 0) is 17.7 Å². The van der Waals surface area contributed by atoms with E-state index < -0.39 is 6.36 Å². The fourth-order valence-electron chi connectivity index (χ4n) is 2.70. The Morgan fingerprint density at radius 3 is 2.16 bits per heavy atom. The van der Waals surface area contributed by atoms with E-state index in [1.807, 2.05) is 0 Å². The summed E-state index contributed by atoms with van der Waals surface area (Å²) in [6.07, 6.45) is -4.14. The second kappa shape index (κ2) is 8.53. The highest BCUT2D eigenvalue weighted by atomic mass is 19.4. The van der Waals surface area contributed by atoms with Crippen LogP contribution in [0.1, 0.15) is 12.0 Å². The van der Waals surface area contributed by atoms with Crippen molar-refractivity contribution in [3.05, 3.63) is 29.8 Å². The Morgan fingerprint density at radius 1 is 1.08 bits per heavy atom. The van der Waals surface area contributed by atoms with Crippen LogP contribution in [-0.4, -0.2) is 73.8 Å². The summed E-state index contributed by atoms with van der Waals surface area (Å²) >= 11 is 0. The molecule has 0 radical (unpaired) electrons. The van der Waals surface area contributed by atoms with E-state index in [1.165, 1.54) is 12.1 Å². The molecule has 25 heavy (non-hydrogen) atoms. The lowest BCUT2D eigenvalue weighted by Crippen LogP contribution is -2.46. The summed E-state index contributed by atoms with van der Waals surface area (Å²) in [5.41, 5.74) is 0.950. The van der Waals surface area contributed by atoms with Crippen LogP contribution >= 0.6 is 0 Å². The summed E-state index contributed by atoms with van der Waals surface area (Å²) in [5.74, 6) is -0.0739. The van der Waals surface area contributed by atoms with E-state index in [0.29, 0.717) is 13.0 Å². The van der Waals surface area contributed by atoms with Crippen molar-refractivity contribution >= 4 is 5.91 Å². The monoisotopic (exact) mass is 359 g/mol. The molecule has 1 amide bonds. The van der Waals surface area contributed by atoms with Crippen molar-refractivity contribution in [2.45, 2.75) is 19.3 Å². The molecule has 5 nitrogen and oxygen atoms in total. The number of carbonyl (C=O) groups excluding carboxylic acids is 1. The second-order valence-corrected chi connectivity index (χ2v) is 6.35. The first-order valence-corrected chi connectivity index (χ1v) is 8.22. The van der Waals surface area contributed by atoms with Crippen LogP contribution in [0.5, 0.6) is 5.75 Å². The van der Waals surface area contributed by atoms with Gasteiger partial charge in [-0.25, -0.2) is 0 Å². The molecular weight excluding hydrogens is 335 g/mol. The van der Waals surface area contributed by atoms with Crippen LogP contribution in [0.15, 0.2) is 24.3 Å². The van der Waals surface area contributed by atoms with E-state index in [9.17, 15) is 18.0 Å². The molecule has 0 bridgehead atoms. The molecule has 0 spiro atoms. The molecule has 0 unspecified atom stereocenters. The van der Waals surface area contributed by atoms with Crippen LogP contribution in [0.4, 0.5) is 13.2 Å². The maximum Gasteiger partial charge on any atom is 0.573 e. The minimum atomic E-state index is -4.66. The highest BCUT2D eigenvalue weighted by molar-refractivity contribution is 5.75. The largest absolute Gasteiger partial charge is 0.573 e. The van der Waals surface area contributed by atoms with Crippen molar-refractivity contribution in [2.75, 3.05) is 46.8 Å². The zero-order valence-electron chi connectivity index (χ0n) is 14.6. The smallest absolute Gasteiger partial charge is 0.406 e. The zero-order valence-corrected chi connectivity index (χ0v) is 14.6. The number of amides is 1. The van der Waals surface area contributed by atoms with Gasteiger partial charge < -0.3 is 14.5 Å². The molecule has 1 heterocycles. The standard InChI is InChI=1S/C17H24F3N3O2/c1-21(2)16(24)7-8-22-9-11-23(12-10-22)13-14-3-5-15(6-4-14)25-17(18,19)20/h3-6H,7-13H2,1-2H3. The quantitative estimate of drug-likeness (QED) is 0.780. The molecule has 8 heteroatoms. The van der Waals surface area contributed by atoms with E-state index in [1.54, 1.807) is 31.1 Å². The second-order valence-electron chi connectivity index (χ2n) is 6.35. The molecule has 1 aromatic rings. The number of benzene rings is 1. The SMILES string of the molecule is CN(C)C(=O)CCN1CCN(Cc2ccc(OC(F)(F)F)cc2)CC1. The Bertz CT molecular complexity index is 553. The van der Waals surface area contributed by atoms with Crippen LogP contribution < -0.4 is 4.74 Å². The summed E-state index contributed by atoms with van der Waals surface area (Å²) in [6, 6.07) is 5.99. The number of hydrogen-bond donors (Lipinski definition) is 0. The van der Waals surface area contributed by atoms with Crippen LogP contribution in [-0.2, 0) is 11.3 Å². The topological polar surface area (TPSA) is 36.0 Å². The third-order valence-corrected chi connectivity index (χ3v) is 4.17. The number of carbonyl (C=O) groups is 1. The number of nitrogens with zero attached hydrogens (tertiary/aromatic N) is 3. The molecule has 0 saturated carbocycles. The molecule has 1 aliphatic heterocycles. The molecule has 0 N–H and O–H groups in total. The number of hydrogen-bond acceptors (Lipinski definition) is 4. The van der Waals surface area contributed by atoms with Crippen molar-refractivity contribution < 1.29 is 22.7 Å². The summed E-state index contributed by atoms with van der Waals surface area (Å²) in [4.78, 5) is 17.7. The first-order chi connectivity index (χ1) is 11.7. The zero-order chi connectivity index (χ0) is 18.4. The van der Waals surface area contributed by atoms with Gasteiger partial charge in [0.25, 0.3) is 0 Å². The molecule has 0 aliphatic carbocycles. The van der Waals surface area contributed by atoms with Gasteiger partial charge in [-0.1, -0.05) is 12.1 Å². The van der Waals surface area contributed by atoms with Crippen molar-refractivity contribution in [1.82, 2.24) is 14.7 Å². The van der Waals surface area contributed by atoms with Crippen LogP contribution in [0.25, 0.3) is 0 Å². The predicted molar refractivity (Wildman–Crippen MR) is 88.2 cm³/mol. The lowest BCUT2D eigenvalue weighted by atomic mass is 10.2. The number of alkyl halides is 3. The van der Waals surface area contributed by atoms with Crippen molar-refractivity contribution in [2.24, 2.45) is 0 Å². The van der Waals surface area contributed by atoms with Gasteiger partial charge in [0.2, 0.25) is 5.91 Å². The number of ether oxygens (including phenoxy) is 1. The number of piperazine rings is 1. The molecule has 1 aliphatic rings. The highest BCUT2D eigenvalue weighted by Crippen LogP contribution is 2.23. The molecule has 0 aromatic heterocycles. The van der Waals surface area contributed by atoms with E-state index >= 15 is 0 Å². The van der Waals surface area contributed by atoms with Gasteiger partial charge in [-0.3, -0.25) is 9.69 Å². The minimum absolute atomic E-state index is 0.128. The molecule has 1 saturated heterocycles. The highest BCUT2D eigenvalue weighted by Gasteiger charge is 2.31. The van der Waals surface area contributed by atoms with Gasteiger partial charge in [0, 0.05) is 59.8 Å². The summed E-state index contributed by atoms with van der Waals surface area (Å²) in [5, 5.41) is 0. The Hall–Kier alpha value is -1.80. The minimum Gasteiger partial charge on any atom is -0.406 e. The van der Waals surface area contributed by atoms with Gasteiger partial charge in [0.05, 0.1) is 0 Å². The normalized spacial score (nSPS) is 16.7. The Morgan fingerprint density at radius 2 is 1.64 bits per heavy atom. The molecule has 0 atom stereocenters. The predicted octanol–water partition coefficient (Wildman–Crippen LogP) is 2.18. The maximum atomic E-state index is 12.1. The van der Waals surface area contributed by atoms with E-state index in [0.717, 1.165) is 38.3 Å². The van der Waals surface area contributed by atoms with Gasteiger partial charge >= 0.3 is 6.36 Å². The fourth-order valence-corrected chi connectivity index (χ4v) is 2.70. The first-order valence-electron chi connectivity index (χ1n) is 8.22. The van der Waals surface area contributed by atoms with E-state index in [-0.39, 0.29) is 11.7 Å². The third kappa shape index (κ3) is 6.91. The van der Waals surface area contributed by atoms with E-state index in [4.69, 9.17) is 0 Å². The van der Waals surface area contributed by atoms with Gasteiger partial charge in [-0.2, -0.15) is 0 Å². The summed E-state index contributed by atoms with van der Waals surface area (Å²) in [6.45, 7) is 4.96.